The normalized spacial score (nSPS) is 10.6. The molecule has 0 aliphatic heterocycles. The molecule has 12 nitrogen and oxygen atoms in total. The number of benzene rings is 5. The molecule has 0 spiro atoms. The van der Waals surface area contributed by atoms with Crippen LogP contribution in [0, 0.1) is 0 Å². The third-order valence-electron chi connectivity index (χ3n) is 9.59. The van der Waals surface area contributed by atoms with Crippen molar-refractivity contribution in [3.05, 3.63) is 175 Å². The molecule has 0 atom stereocenters. The van der Waals surface area contributed by atoms with Crippen LogP contribution in [0.3, 0.4) is 0 Å². The fourth-order valence-electron chi connectivity index (χ4n) is 6.09. The van der Waals surface area contributed by atoms with Crippen molar-refractivity contribution in [3.63, 3.8) is 0 Å². The van der Waals surface area contributed by atoms with Crippen molar-refractivity contribution in [1.29, 1.82) is 0 Å². The van der Waals surface area contributed by atoms with E-state index < -0.39 is 23.9 Å². The SMILES string of the molecule is C=COC(=O)CCCCCCOc1ccc(OC(=O)c2ccc(C(=O)Oc3cccc(OC(=O)c4ccc(C=Cc5ccc(OCCCCCCOC(=O)C=C)cc5)cc4)c3)cc2)cc1. The molecule has 65 heavy (non-hydrogen) atoms. The zero-order valence-electron chi connectivity index (χ0n) is 36.2. The summed E-state index contributed by atoms with van der Waals surface area (Å²) in [5.41, 5.74) is 2.65. The summed E-state index contributed by atoms with van der Waals surface area (Å²) < 4.78 is 37.9. The van der Waals surface area contributed by atoms with Gasteiger partial charge in [-0.2, -0.15) is 0 Å². The molecular formula is C53H52O12. The molecule has 0 N–H and O–H groups in total. The van der Waals surface area contributed by atoms with E-state index in [9.17, 15) is 24.0 Å². The molecule has 5 aromatic rings. The maximum absolute atomic E-state index is 13.0. The zero-order chi connectivity index (χ0) is 46.1. The van der Waals surface area contributed by atoms with E-state index in [-0.39, 0.29) is 28.6 Å². The van der Waals surface area contributed by atoms with Crippen molar-refractivity contribution in [2.75, 3.05) is 19.8 Å². The summed E-state index contributed by atoms with van der Waals surface area (Å²) in [7, 11) is 0. The molecule has 5 rings (SSSR count). The summed E-state index contributed by atoms with van der Waals surface area (Å²) in [6.07, 6.45) is 13.6. The van der Waals surface area contributed by atoms with E-state index in [2.05, 4.69) is 13.2 Å². The molecule has 0 saturated carbocycles. The molecule has 12 heteroatoms. The van der Waals surface area contributed by atoms with Crippen LogP contribution in [0.25, 0.3) is 12.2 Å². The Kier molecular flexibility index (Phi) is 19.8. The van der Waals surface area contributed by atoms with Crippen molar-refractivity contribution in [2.45, 2.75) is 57.8 Å². The second-order valence-electron chi connectivity index (χ2n) is 14.5. The van der Waals surface area contributed by atoms with Gasteiger partial charge in [0.2, 0.25) is 0 Å². The summed E-state index contributed by atoms with van der Waals surface area (Å²) in [6.45, 7) is 8.27. The third-order valence-corrected chi connectivity index (χ3v) is 9.59. The molecule has 0 aliphatic rings. The van der Waals surface area contributed by atoms with E-state index in [1.807, 2.05) is 48.6 Å². The van der Waals surface area contributed by atoms with Gasteiger partial charge in [-0.25, -0.2) is 19.2 Å². The highest BCUT2D eigenvalue weighted by atomic mass is 16.6. The summed E-state index contributed by atoms with van der Waals surface area (Å²) in [6, 6.07) is 33.5. The lowest BCUT2D eigenvalue weighted by Crippen LogP contribution is -2.12. The van der Waals surface area contributed by atoms with Crippen LogP contribution in [0.2, 0.25) is 0 Å². The minimum atomic E-state index is -0.671. The number of hydrogen-bond acceptors (Lipinski definition) is 12. The maximum atomic E-state index is 13.0. The average Bonchev–Trinajstić information content (AvgIpc) is 3.32. The van der Waals surface area contributed by atoms with Gasteiger partial charge in [-0.3, -0.25) is 4.79 Å². The Balaban J connectivity index is 0.999. The second kappa shape index (κ2) is 26.7. The Bertz CT molecular complexity index is 2360. The highest BCUT2D eigenvalue weighted by molar-refractivity contribution is 5.95. The van der Waals surface area contributed by atoms with Crippen LogP contribution in [0.15, 0.2) is 147 Å². The number of rotatable bonds is 26. The molecule has 0 radical (unpaired) electrons. The van der Waals surface area contributed by atoms with Crippen LogP contribution in [0.5, 0.6) is 28.7 Å². The lowest BCUT2D eigenvalue weighted by Gasteiger charge is -2.09. The van der Waals surface area contributed by atoms with E-state index in [1.54, 1.807) is 54.6 Å². The van der Waals surface area contributed by atoms with Crippen LogP contribution < -0.4 is 23.7 Å². The van der Waals surface area contributed by atoms with Gasteiger partial charge in [-0.05, 0) is 135 Å². The van der Waals surface area contributed by atoms with Crippen molar-refractivity contribution in [1.82, 2.24) is 0 Å². The Morgan fingerprint density at radius 1 is 0.446 bits per heavy atom. The largest absolute Gasteiger partial charge is 0.494 e. The molecule has 0 fully saturated rings. The number of carbonyl (C=O) groups excluding carboxylic acids is 5. The molecule has 0 aromatic heterocycles. The van der Waals surface area contributed by atoms with E-state index >= 15 is 0 Å². The Morgan fingerprint density at radius 3 is 1.35 bits per heavy atom. The first kappa shape index (κ1) is 48.3. The summed E-state index contributed by atoms with van der Waals surface area (Å²) >= 11 is 0. The lowest BCUT2D eigenvalue weighted by atomic mass is 10.1. The lowest BCUT2D eigenvalue weighted by molar-refractivity contribution is -0.138. The number of carbonyl (C=O) groups is 5. The van der Waals surface area contributed by atoms with Gasteiger partial charge in [0.1, 0.15) is 28.7 Å². The number of esters is 5. The van der Waals surface area contributed by atoms with Gasteiger partial charge >= 0.3 is 29.8 Å². The number of ether oxygens (including phenoxy) is 7. The van der Waals surface area contributed by atoms with E-state index in [0.717, 1.165) is 74.5 Å². The summed E-state index contributed by atoms with van der Waals surface area (Å²) in [5.74, 6) is -0.423. The molecule has 5 aromatic carbocycles. The van der Waals surface area contributed by atoms with Gasteiger partial charge < -0.3 is 33.2 Å². The van der Waals surface area contributed by atoms with Gasteiger partial charge in [-0.15, -0.1) is 0 Å². The highest BCUT2D eigenvalue weighted by Gasteiger charge is 2.15. The summed E-state index contributed by atoms with van der Waals surface area (Å²) in [4.78, 5) is 61.1. The van der Waals surface area contributed by atoms with Gasteiger partial charge in [0.05, 0.1) is 42.8 Å². The molecule has 0 saturated heterocycles. The fraction of sp³-hybridized carbons (Fsp3) is 0.226. The summed E-state index contributed by atoms with van der Waals surface area (Å²) in [5, 5.41) is 0. The van der Waals surface area contributed by atoms with Gasteiger partial charge in [0.25, 0.3) is 0 Å². The van der Waals surface area contributed by atoms with Gasteiger partial charge in [0, 0.05) is 18.6 Å². The molecular weight excluding hydrogens is 829 g/mol. The zero-order valence-corrected chi connectivity index (χ0v) is 36.2. The smallest absolute Gasteiger partial charge is 0.343 e. The van der Waals surface area contributed by atoms with Crippen molar-refractivity contribution in [3.8, 4) is 28.7 Å². The number of hydrogen-bond donors (Lipinski definition) is 0. The standard InChI is InChI=1S/C53H52O12/c1-3-49(54)62-37-12-8-7-11-36-60-44-29-21-40(22-30-44)18-17-39-19-23-41(24-20-39)52(57)64-47-14-13-15-48(38-47)65-53(58)43-27-25-42(26-28-43)51(56)63-46-33-31-45(32-34-46)61-35-10-6-5-9-16-50(55)59-4-2/h3-4,13-15,17-34,38H,1-2,5-12,16,35-37H2. The van der Waals surface area contributed by atoms with Gasteiger partial charge in [0.15, 0.2) is 0 Å². The first-order valence-electron chi connectivity index (χ1n) is 21.4. The Morgan fingerprint density at radius 2 is 0.862 bits per heavy atom. The molecule has 0 unspecified atom stereocenters. The van der Waals surface area contributed by atoms with Gasteiger partial charge in [-0.1, -0.05) is 68.5 Å². The van der Waals surface area contributed by atoms with Crippen LogP contribution in [0.1, 0.15) is 100.0 Å². The molecule has 0 amide bonds. The first-order valence-corrected chi connectivity index (χ1v) is 21.4. The van der Waals surface area contributed by atoms with Crippen molar-refractivity contribution in [2.24, 2.45) is 0 Å². The maximum Gasteiger partial charge on any atom is 0.343 e. The second-order valence-corrected chi connectivity index (χ2v) is 14.5. The molecule has 336 valence electrons. The minimum absolute atomic E-state index is 0.164. The predicted molar refractivity (Wildman–Crippen MR) is 246 cm³/mol. The topological polar surface area (TPSA) is 150 Å². The molecule has 0 heterocycles. The van der Waals surface area contributed by atoms with Crippen LogP contribution in [-0.4, -0.2) is 49.7 Å². The predicted octanol–water partition coefficient (Wildman–Crippen LogP) is 11.2. The van der Waals surface area contributed by atoms with E-state index in [4.69, 9.17) is 33.2 Å². The first-order chi connectivity index (χ1) is 31.7. The Labute approximate surface area is 379 Å². The average molecular weight is 881 g/mol. The van der Waals surface area contributed by atoms with Crippen molar-refractivity contribution < 1.29 is 57.1 Å². The van der Waals surface area contributed by atoms with Crippen LogP contribution in [-0.2, 0) is 19.1 Å². The monoisotopic (exact) mass is 880 g/mol. The van der Waals surface area contributed by atoms with E-state index in [1.165, 1.54) is 36.4 Å². The molecule has 0 bridgehead atoms. The Hall–Kier alpha value is -7.73. The highest BCUT2D eigenvalue weighted by Crippen LogP contribution is 2.24. The molecule has 0 aliphatic carbocycles. The minimum Gasteiger partial charge on any atom is -0.494 e. The fourth-order valence-corrected chi connectivity index (χ4v) is 6.09. The quantitative estimate of drug-likeness (QED) is 0.0130. The third kappa shape index (κ3) is 17.5. The van der Waals surface area contributed by atoms with Crippen LogP contribution >= 0.6 is 0 Å². The van der Waals surface area contributed by atoms with E-state index in [0.29, 0.717) is 43.3 Å². The number of unbranched alkanes of at least 4 members (excludes halogenated alkanes) is 6. The van der Waals surface area contributed by atoms with Crippen molar-refractivity contribution >= 4 is 42.0 Å². The van der Waals surface area contributed by atoms with Crippen LogP contribution in [0.4, 0.5) is 0 Å².